The molecular weight excluding hydrogens is 310 g/mol. The Morgan fingerprint density at radius 2 is 1.87 bits per heavy atom. The quantitative estimate of drug-likeness (QED) is 0.790. The number of fused-ring (bicyclic) bond motifs is 1. The molecule has 0 saturated carbocycles. The number of benzene rings is 2. The molecule has 118 valence electrons. The topological polar surface area (TPSA) is 46.9 Å². The Kier molecular flexibility index (Phi) is 4.35. The van der Waals surface area contributed by atoms with Crippen LogP contribution in [-0.4, -0.2) is 21.5 Å². The van der Waals surface area contributed by atoms with Crippen LogP contribution in [0.15, 0.2) is 48.5 Å². The van der Waals surface area contributed by atoms with E-state index in [0.717, 1.165) is 22.4 Å². The maximum atomic E-state index is 12.2. The van der Waals surface area contributed by atoms with Crippen molar-refractivity contribution in [2.45, 2.75) is 26.4 Å². The van der Waals surface area contributed by atoms with Crippen LogP contribution in [0, 0.1) is 0 Å². The van der Waals surface area contributed by atoms with Crippen molar-refractivity contribution in [3.8, 4) is 11.4 Å². The molecule has 1 heterocycles. The van der Waals surface area contributed by atoms with E-state index in [0.29, 0.717) is 5.02 Å². The van der Waals surface area contributed by atoms with Gasteiger partial charge in [0.05, 0.1) is 11.0 Å². The average Bonchev–Trinajstić information content (AvgIpc) is 2.86. The van der Waals surface area contributed by atoms with E-state index in [-0.39, 0.29) is 18.5 Å². The van der Waals surface area contributed by atoms with Gasteiger partial charge in [0, 0.05) is 16.6 Å². The van der Waals surface area contributed by atoms with E-state index in [2.05, 4.69) is 10.3 Å². The van der Waals surface area contributed by atoms with Gasteiger partial charge < -0.3 is 9.88 Å². The Bertz CT molecular complexity index is 837. The first-order chi connectivity index (χ1) is 11.0. The van der Waals surface area contributed by atoms with E-state index < -0.39 is 0 Å². The Morgan fingerprint density at radius 3 is 2.57 bits per heavy atom. The van der Waals surface area contributed by atoms with Crippen LogP contribution in [0.5, 0.6) is 0 Å². The van der Waals surface area contributed by atoms with E-state index in [4.69, 9.17) is 11.6 Å². The Morgan fingerprint density at radius 1 is 1.17 bits per heavy atom. The van der Waals surface area contributed by atoms with Crippen LogP contribution >= 0.6 is 11.6 Å². The normalized spacial score (nSPS) is 11.1. The maximum Gasteiger partial charge on any atom is 0.240 e. The van der Waals surface area contributed by atoms with Gasteiger partial charge in [-0.15, -0.1) is 0 Å². The summed E-state index contributed by atoms with van der Waals surface area (Å²) in [6.45, 7) is 4.13. The summed E-state index contributed by atoms with van der Waals surface area (Å²) in [6, 6.07) is 15.4. The van der Waals surface area contributed by atoms with Gasteiger partial charge in [-0.05, 0) is 50.2 Å². The van der Waals surface area contributed by atoms with E-state index in [1.54, 1.807) is 0 Å². The molecular formula is C18H18ClN3O. The Labute approximate surface area is 140 Å². The second kappa shape index (κ2) is 6.42. The number of halogens is 1. The zero-order valence-corrected chi connectivity index (χ0v) is 13.8. The predicted octanol–water partition coefficient (Wildman–Crippen LogP) is 3.88. The second-order valence-corrected chi connectivity index (χ2v) is 6.18. The minimum atomic E-state index is -0.0293. The van der Waals surface area contributed by atoms with Crippen molar-refractivity contribution in [3.63, 3.8) is 0 Å². The Balaban J connectivity index is 2.07. The molecule has 1 aromatic heterocycles. The molecule has 2 aromatic carbocycles. The number of rotatable bonds is 4. The summed E-state index contributed by atoms with van der Waals surface area (Å²) in [5, 5.41) is 3.60. The van der Waals surface area contributed by atoms with Gasteiger partial charge >= 0.3 is 0 Å². The zero-order chi connectivity index (χ0) is 16.4. The molecule has 0 spiro atoms. The molecule has 0 aliphatic carbocycles. The van der Waals surface area contributed by atoms with Crippen molar-refractivity contribution in [1.82, 2.24) is 14.9 Å². The van der Waals surface area contributed by atoms with Crippen molar-refractivity contribution in [2.24, 2.45) is 0 Å². The van der Waals surface area contributed by atoms with E-state index >= 15 is 0 Å². The SMILES string of the molecule is CC(C)NC(=O)Cn1c(-c2ccc(Cl)cc2)nc2ccccc21. The fourth-order valence-corrected chi connectivity index (χ4v) is 2.69. The molecule has 5 heteroatoms. The lowest BCUT2D eigenvalue weighted by molar-refractivity contribution is -0.122. The number of hydrogen-bond acceptors (Lipinski definition) is 2. The monoisotopic (exact) mass is 327 g/mol. The molecule has 0 aliphatic heterocycles. The van der Waals surface area contributed by atoms with Crippen molar-refractivity contribution in [1.29, 1.82) is 0 Å². The highest BCUT2D eigenvalue weighted by atomic mass is 35.5. The largest absolute Gasteiger partial charge is 0.352 e. The molecule has 3 rings (SSSR count). The van der Waals surface area contributed by atoms with Crippen molar-refractivity contribution in [2.75, 3.05) is 0 Å². The van der Waals surface area contributed by atoms with E-state index in [9.17, 15) is 4.79 Å². The van der Waals surface area contributed by atoms with Crippen LogP contribution in [0.4, 0.5) is 0 Å². The number of carbonyl (C=O) groups is 1. The molecule has 0 saturated heterocycles. The highest BCUT2D eigenvalue weighted by Gasteiger charge is 2.15. The van der Waals surface area contributed by atoms with Gasteiger partial charge in [-0.2, -0.15) is 0 Å². The lowest BCUT2D eigenvalue weighted by atomic mass is 10.2. The van der Waals surface area contributed by atoms with Crippen LogP contribution in [0.2, 0.25) is 5.02 Å². The van der Waals surface area contributed by atoms with E-state index in [1.165, 1.54) is 0 Å². The van der Waals surface area contributed by atoms with Crippen molar-refractivity contribution in [3.05, 3.63) is 53.6 Å². The standard InChI is InChI=1S/C18H18ClN3O/c1-12(2)20-17(23)11-22-16-6-4-3-5-15(16)21-18(22)13-7-9-14(19)10-8-13/h3-10,12H,11H2,1-2H3,(H,20,23). The summed E-state index contributed by atoms with van der Waals surface area (Å²) in [7, 11) is 0. The molecule has 0 unspecified atom stereocenters. The number of para-hydroxylation sites is 2. The predicted molar refractivity (Wildman–Crippen MR) is 93.5 cm³/mol. The fraction of sp³-hybridized carbons (Fsp3) is 0.222. The molecule has 1 N–H and O–H groups in total. The van der Waals surface area contributed by atoms with Crippen LogP contribution in [0.3, 0.4) is 0 Å². The third-order valence-corrected chi connectivity index (χ3v) is 3.76. The molecule has 3 aromatic rings. The van der Waals surface area contributed by atoms with Gasteiger partial charge in [0.15, 0.2) is 0 Å². The fourth-order valence-electron chi connectivity index (χ4n) is 2.57. The van der Waals surface area contributed by atoms with Gasteiger partial charge in [0.2, 0.25) is 5.91 Å². The summed E-state index contributed by atoms with van der Waals surface area (Å²) < 4.78 is 1.94. The van der Waals surface area contributed by atoms with Crippen LogP contribution in [0.1, 0.15) is 13.8 Å². The van der Waals surface area contributed by atoms with E-state index in [1.807, 2.05) is 66.9 Å². The van der Waals surface area contributed by atoms with Crippen LogP contribution in [-0.2, 0) is 11.3 Å². The molecule has 1 amide bonds. The summed E-state index contributed by atoms with van der Waals surface area (Å²) >= 11 is 5.97. The van der Waals surface area contributed by atoms with Gasteiger partial charge in [-0.1, -0.05) is 23.7 Å². The molecule has 0 aliphatic rings. The maximum absolute atomic E-state index is 12.2. The Hall–Kier alpha value is -2.33. The first kappa shape index (κ1) is 15.6. The number of hydrogen-bond donors (Lipinski definition) is 1. The highest BCUT2D eigenvalue weighted by Crippen LogP contribution is 2.25. The lowest BCUT2D eigenvalue weighted by Crippen LogP contribution is -2.33. The van der Waals surface area contributed by atoms with Crippen LogP contribution < -0.4 is 5.32 Å². The van der Waals surface area contributed by atoms with Gasteiger partial charge in [0.1, 0.15) is 12.4 Å². The number of amides is 1. The first-order valence-corrected chi connectivity index (χ1v) is 7.93. The minimum absolute atomic E-state index is 0.0293. The number of aromatic nitrogens is 2. The third kappa shape index (κ3) is 3.37. The molecule has 0 bridgehead atoms. The average molecular weight is 328 g/mol. The summed E-state index contributed by atoms with van der Waals surface area (Å²) in [4.78, 5) is 16.9. The molecule has 0 fully saturated rings. The smallest absolute Gasteiger partial charge is 0.240 e. The highest BCUT2D eigenvalue weighted by molar-refractivity contribution is 6.30. The van der Waals surface area contributed by atoms with Gasteiger partial charge in [-0.3, -0.25) is 4.79 Å². The van der Waals surface area contributed by atoms with Crippen molar-refractivity contribution >= 4 is 28.5 Å². The lowest BCUT2D eigenvalue weighted by Gasteiger charge is -2.12. The third-order valence-electron chi connectivity index (χ3n) is 3.51. The van der Waals surface area contributed by atoms with Gasteiger partial charge in [0.25, 0.3) is 0 Å². The number of imidazole rings is 1. The number of carbonyl (C=O) groups excluding carboxylic acids is 1. The molecule has 0 atom stereocenters. The number of nitrogens with one attached hydrogen (secondary N) is 1. The minimum Gasteiger partial charge on any atom is -0.352 e. The molecule has 0 radical (unpaired) electrons. The molecule has 4 nitrogen and oxygen atoms in total. The summed E-state index contributed by atoms with van der Waals surface area (Å²) in [5.41, 5.74) is 2.74. The first-order valence-electron chi connectivity index (χ1n) is 7.55. The summed E-state index contributed by atoms with van der Waals surface area (Å²) in [5.74, 6) is 0.736. The zero-order valence-electron chi connectivity index (χ0n) is 13.1. The summed E-state index contributed by atoms with van der Waals surface area (Å²) in [6.07, 6.45) is 0. The number of nitrogens with zero attached hydrogens (tertiary/aromatic N) is 2. The van der Waals surface area contributed by atoms with Crippen molar-refractivity contribution < 1.29 is 4.79 Å². The molecule has 23 heavy (non-hydrogen) atoms. The van der Waals surface area contributed by atoms with Crippen LogP contribution in [0.25, 0.3) is 22.4 Å². The second-order valence-electron chi connectivity index (χ2n) is 5.74. The van der Waals surface area contributed by atoms with Gasteiger partial charge in [-0.25, -0.2) is 4.98 Å².